The minimum atomic E-state index is -0.380. The van der Waals surface area contributed by atoms with Gasteiger partial charge >= 0.3 is 11.8 Å². The summed E-state index contributed by atoms with van der Waals surface area (Å²) < 4.78 is 9.96. The van der Waals surface area contributed by atoms with Crippen LogP contribution in [0.15, 0.2) is 35.0 Å². The van der Waals surface area contributed by atoms with Crippen molar-refractivity contribution in [2.45, 2.75) is 6.42 Å². The number of rotatable bonds is 6. The van der Waals surface area contributed by atoms with Gasteiger partial charge < -0.3 is 19.6 Å². The van der Waals surface area contributed by atoms with Crippen molar-refractivity contribution in [2.24, 2.45) is 0 Å². The third-order valence-electron chi connectivity index (χ3n) is 3.26. The van der Waals surface area contributed by atoms with E-state index in [0.29, 0.717) is 19.0 Å². The van der Waals surface area contributed by atoms with E-state index in [9.17, 15) is 4.79 Å². The maximum atomic E-state index is 11.9. The van der Waals surface area contributed by atoms with E-state index in [0.717, 1.165) is 22.9 Å². The van der Waals surface area contributed by atoms with Gasteiger partial charge in [-0.15, -0.1) is 0 Å². The molecule has 1 aromatic carbocycles. The van der Waals surface area contributed by atoms with Crippen LogP contribution in [0.1, 0.15) is 17.1 Å². The van der Waals surface area contributed by atoms with Crippen LogP contribution in [0, 0.1) is 0 Å². The van der Waals surface area contributed by atoms with Gasteiger partial charge in [0.1, 0.15) is 0 Å². The van der Waals surface area contributed by atoms with Gasteiger partial charge in [-0.05, 0) is 12.5 Å². The number of carbonyl (C=O) groups is 1. The van der Waals surface area contributed by atoms with E-state index in [4.69, 9.17) is 9.26 Å². The molecule has 0 aliphatic carbocycles. The summed E-state index contributed by atoms with van der Waals surface area (Å²) in [5, 5.41) is 7.57. The van der Waals surface area contributed by atoms with Crippen molar-refractivity contribution in [3.05, 3.63) is 36.4 Å². The Kier molecular flexibility index (Phi) is 4.15. The van der Waals surface area contributed by atoms with Crippen LogP contribution in [0.5, 0.6) is 0 Å². The lowest BCUT2D eigenvalue weighted by Crippen LogP contribution is -2.25. The number of nitrogens with zero attached hydrogens (tertiary/aromatic N) is 2. The van der Waals surface area contributed by atoms with Gasteiger partial charge in [0, 0.05) is 42.9 Å². The number of nitrogens with one attached hydrogen (secondary N) is 2. The summed E-state index contributed by atoms with van der Waals surface area (Å²) in [7, 11) is 1.62. The molecule has 1 amide bonds. The Hall–Kier alpha value is -2.67. The normalized spacial score (nSPS) is 11.0. The summed E-state index contributed by atoms with van der Waals surface area (Å²) in [5.74, 6) is -0.0353. The number of fused-ring (bicyclic) bond motifs is 1. The lowest BCUT2D eigenvalue weighted by Gasteiger charge is -2.00. The Bertz CT molecular complexity index is 778. The molecule has 0 saturated carbocycles. The summed E-state index contributed by atoms with van der Waals surface area (Å²) in [5.41, 5.74) is 1.78. The minimum absolute atomic E-state index is 0.0438. The monoisotopic (exact) mass is 300 g/mol. The maximum Gasteiger partial charge on any atom is 0.316 e. The zero-order valence-electron chi connectivity index (χ0n) is 12.1. The van der Waals surface area contributed by atoms with Crippen molar-refractivity contribution in [3.8, 4) is 11.4 Å². The molecule has 2 aromatic heterocycles. The van der Waals surface area contributed by atoms with Gasteiger partial charge in [-0.25, -0.2) is 0 Å². The first-order chi connectivity index (χ1) is 10.8. The van der Waals surface area contributed by atoms with E-state index < -0.39 is 0 Å². The molecule has 0 aliphatic rings. The van der Waals surface area contributed by atoms with Crippen LogP contribution < -0.4 is 5.32 Å². The molecule has 0 unspecified atom stereocenters. The highest BCUT2D eigenvalue weighted by molar-refractivity contribution is 5.94. The molecule has 2 N–H and O–H groups in total. The van der Waals surface area contributed by atoms with Crippen LogP contribution in [-0.2, 0) is 4.74 Å². The van der Waals surface area contributed by atoms with E-state index in [1.807, 2.05) is 24.3 Å². The summed E-state index contributed by atoms with van der Waals surface area (Å²) in [6, 6.07) is 7.80. The fourth-order valence-electron chi connectivity index (χ4n) is 2.18. The molecule has 3 aromatic rings. The number of amides is 1. The number of carbonyl (C=O) groups excluding carboxylic acids is 1. The van der Waals surface area contributed by atoms with Crippen molar-refractivity contribution >= 4 is 16.8 Å². The molecule has 2 heterocycles. The number of aromatic amines is 1. The predicted molar refractivity (Wildman–Crippen MR) is 80.4 cm³/mol. The largest absolute Gasteiger partial charge is 0.385 e. The third kappa shape index (κ3) is 2.84. The number of hydrogen-bond acceptors (Lipinski definition) is 5. The van der Waals surface area contributed by atoms with E-state index in [1.165, 1.54) is 0 Å². The Labute approximate surface area is 126 Å². The van der Waals surface area contributed by atoms with Gasteiger partial charge in [-0.2, -0.15) is 4.98 Å². The van der Waals surface area contributed by atoms with Crippen LogP contribution in [0.4, 0.5) is 0 Å². The van der Waals surface area contributed by atoms with E-state index >= 15 is 0 Å². The molecular weight excluding hydrogens is 284 g/mol. The first-order valence-corrected chi connectivity index (χ1v) is 6.97. The molecule has 0 spiro atoms. The smallest absolute Gasteiger partial charge is 0.316 e. The molecule has 0 atom stereocenters. The molecule has 0 radical (unpaired) electrons. The number of methoxy groups -OCH3 is 1. The molecule has 7 heteroatoms. The van der Waals surface area contributed by atoms with Crippen LogP contribution in [-0.4, -0.2) is 41.3 Å². The van der Waals surface area contributed by atoms with Crippen molar-refractivity contribution in [2.75, 3.05) is 20.3 Å². The number of hydrogen-bond donors (Lipinski definition) is 2. The standard InChI is InChI=1S/C15H16N4O3/c1-21-8-4-7-16-14(20)15-18-13(19-22-15)11-9-17-12-6-3-2-5-10(11)12/h2-3,5-6,9,17H,4,7-8H2,1H3,(H,16,20). The van der Waals surface area contributed by atoms with Gasteiger partial charge in [0.2, 0.25) is 5.82 Å². The van der Waals surface area contributed by atoms with Gasteiger partial charge in [0.25, 0.3) is 0 Å². The van der Waals surface area contributed by atoms with Crippen LogP contribution in [0.2, 0.25) is 0 Å². The highest BCUT2D eigenvalue weighted by atomic mass is 16.5. The quantitative estimate of drug-likeness (QED) is 0.679. The average molecular weight is 300 g/mol. The molecule has 7 nitrogen and oxygen atoms in total. The summed E-state index contributed by atoms with van der Waals surface area (Å²) in [4.78, 5) is 19.2. The SMILES string of the molecule is COCCCNC(=O)c1nc(-c2c[nH]c3ccccc23)no1. The molecule has 0 bridgehead atoms. The maximum absolute atomic E-state index is 11.9. The number of H-pyrrole nitrogens is 1. The molecule has 22 heavy (non-hydrogen) atoms. The number of para-hydroxylation sites is 1. The summed E-state index contributed by atoms with van der Waals surface area (Å²) >= 11 is 0. The zero-order chi connectivity index (χ0) is 15.4. The molecular formula is C15H16N4O3. The molecule has 0 saturated heterocycles. The predicted octanol–water partition coefficient (Wildman–Crippen LogP) is 1.98. The van der Waals surface area contributed by atoms with E-state index in [2.05, 4.69) is 20.4 Å². The van der Waals surface area contributed by atoms with Crippen molar-refractivity contribution in [1.29, 1.82) is 0 Å². The minimum Gasteiger partial charge on any atom is -0.385 e. The van der Waals surface area contributed by atoms with Crippen molar-refractivity contribution in [1.82, 2.24) is 20.4 Å². The lowest BCUT2D eigenvalue weighted by atomic mass is 10.2. The summed E-state index contributed by atoms with van der Waals surface area (Å²) in [6.07, 6.45) is 2.53. The second-order valence-electron chi connectivity index (χ2n) is 4.77. The molecule has 114 valence electrons. The highest BCUT2D eigenvalue weighted by Gasteiger charge is 2.17. The van der Waals surface area contributed by atoms with Gasteiger partial charge in [0.05, 0.1) is 0 Å². The van der Waals surface area contributed by atoms with Crippen LogP contribution >= 0.6 is 0 Å². The van der Waals surface area contributed by atoms with Gasteiger partial charge in [0.15, 0.2) is 0 Å². The topological polar surface area (TPSA) is 93.0 Å². The fraction of sp³-hybridized carbons (Fsp3) is 0.267. The first-order valence-electron chi connectivity index (χ1n) is 6.97. The highest BCUT2D eigenvalue weighted by Crippen LogP contribution is 2.26. The second kappa shape index (κ2) is 6.40. The summed E-state index contributed by atoms with van der Waals surface area (Å²) in [6.45, 7) is 1.09. The molecule has 0 fully saturated rings. The average Bonchev–Trinajstić information content (AvgIpc) is 3.17. The first kappa shape index (κ1) is 14.3. The van der Waals surface area contributed by atoms with Crippen molar-refractivity contribution in [3.63, 3.8) is 0 Å². The number of benzene rings is 1. The van der Waals surface area contributed by atoms with Crippen LogP contribution in [0.3, 0.4) is 0 Å². The zero-order valence-corrected chi connectivity index (χ0v) is 12.1. The molecule has 3 rings (SSSR count). The Balaban J connectivity index is 1.75. The lowest BCUT2D eigenvalue weighted by molar-refractivity contribution is 0.0905. The second-order valence-corrected chi connectivity index (χ2v) is 4.77. The Morgan fingerprint density at radius 2 is 2.27 bits per heavy atom. The Morgan fingerprint density at radius 3 is 3.14 bits per heavy atom. The third-order valence-corrected chi connectivity index (χ3v) is 3.26. The fourth-order valence-corrected chi connectivity index (χ4v) is 2.18. The molecule has 0 aliphatic heterocycles. The van der Waals surface area contributed by atoms with E-state index in [-0.39, 0.29) is 11.8 Å². The van der Waals surface area contributed by atoms with Gasteiger partial charge in [-0.1, -0.05) is 23.4 Å². The number of aromatic nitrogens is 3. The van der Waals surface area contributed by atoms with Crippen LogP contribution in [0.25, 0.3) is 22.3 Å². The van der Waals surface area contributed by atoms with Gasteiger partial charge in [-0.3, -0.25) is 4.79 Å². The van der Waals surface area contributed by atoms with E-state index in [1.54, 1.807) is 13.3 Å². The Morgan fingerprint density at radius 1 is 1.41 bits per heavy atom. The van der Waals surface area contributed by atoms with Crippen molar-refractivity contribution < 1.29 is 14.1 Å². The number of ether oxygens (including phenoxy) is 1.